The van der Waals surface area contributed by atoms with E-state index in [2.05, 4.69) is 40.5 Å². The lowest BCUT2D eigenvalue weighted by atomic mass is 9.88. The Morgan fingerprint density at radius 2 is 1.83 bits per heavy atom. The first kappa shape index (κ1) is 12.2. The summed E-state index contributed by atoms with van der Waals surface area (Å²) >= 11 is 0. The fraction of sp³-hybridized carbons (Fsp3) is 0.625. The first-order chi connectivity index (χ1) is 8.92. The third-order valence-electron chi connectivity index (χ3n) is 4.55. The second kappa shape index (κ2) is 5.85. The van der Waals surface area contributed by atoms with Crippen molar-refractivity contribution in [3.05, 3.63) is 35.9 Å². The predicted octanol–water partition coefficient (Wildman–Crippen LogP) is 2.65. The molecular weight excluding hydrogens is 220 g/mol. The number of piperidine rings is 1. The standard InChI is InChI=1S/C16H24N2/c1-2-5-14(6-3-1)13-18-11-8-15(9-12-18)16-7-4-10-17-16/h1-3,5-6,15-17H,4,7-13H2/t16-/m0/s1. The largest absolute Gasteiger partial charge is 0.314 e. The van der Waals surface area contributed by atoms with Crippen molar-refractivity contribution in [1.82, 2.24) is 10.2 Å². The SMILES string of the molecule is c1ccc(CN2CCC([C@@H]3CCCN3)CC2)cc1. The van der Waals surface area contributed by atoms with E-state index in [4.69, 9.17) is 0 Å². The van der Waals surface area contributed by atoms with Crippen LogP contribution in [0.2, 0.25) is 0 Å². The summed E-state index contributed by atoms with van der Waals surface area (Å²) < 4.78 is 0. The molecule has 3 rings (SSSR count). The Morgan fingerprint density at radius 3 is 2.50 bits per heavy atom. The highest BCUT2D eigenvalue weighted by atomic mass is 15.1. The van der Waals surface area contributed by atoms with Gasteiger partial charge in [0, 0.05) is 12.6 Å². The van der Waals surface area contributed by atoms with Gasteiger partial charge < -0.3 is 5.32 Å². The van der Waals surface area contributed by atoms with E-state index >= 15 is 0 Å². The Bertz CT molecular complexity index is 349. The molecule has 2 saturated heterocycles. The summed E-state index contributed by atoms with van der Waals surface area (Å²) in [5.74, 6) is 0.930. The van der Waals surface area contributed by atoms with E-state index in [9.17, 15) is 0 Å². The van der Waals surface area contributed by atoms with Gasteiger partial charge in [0.2, 0.25) is 0 Å². The zero-order valence-electron chi connectivity index (χ0n) is 11.1. The summed E-state index contributed by atoms with van der Waals surface area (Å²) in [6.45, 7) is 4.93. The van der Waals surface area contributed by atoms with Gasteiger partial charge in [0.15, 0.2) is 0 Å². The average molecular weight is 244 g/mol. The van der Waals surface area contributed by atoms with Gasteiger partial charge >= 0.3 is 0 Å². The molecule has 0 aliphatic carbocycles. The van der Waals surface area contributed by atoms with Crippen LogP contribution in [-0.4, -0.2) is 30.6 Å². The van der Waals surface area contributed by atoms with E-state index in [0.717, 1.165) is 18.5 Å². The molecule has 1 N–H and O–H groups in total. The molecule has 0 bridgehead atoms. The van der Waals surface area contributed by atoms with Gasteiger partial charge in [0.25, 0.3) is 0 Å². The van der Waals surface area contributed by atoms with E-state index in [1.807, 2.05) is 0 Å². The van der Waals surface area contributed by atoms with Crippen molar-refractivity contribution in [2.45, 2.75) is 38.3 Å². The zero-order valence-corrected chi connectivity index (χ0v) is 11.1. The molecule has 0 unspecified atom stereocenters. The normalized spacial score (nSPS) is 26.6. The summed E-state index contributed by atoms with van der Waals surface area (Å²) in [5.41, 5.74) is 1.45. The number of hydrogen-bond acceptors (Lipinski definition) is 2. The molecule has 2 aliphatic rings. The summed E-state index contributed by atoms with van der Waals surface area (Å²) in [4.78, 5) is 2.61. The minimum absolute atomic E-state index is 0.823. The Balaban J connectivity index is 1.48. The molecule has 2 heterocycles. The molecule has 1 aromatic rings. The first-order valence-corrected chi connectivity index (χ1v) is 7.41. The molecule has 1 aromatic carbocycles. The highest BCUT2D eigenvalue weighted by molar-refractivity contribution is 5.14. The lowest BCUT2D eigenvalue weighted by Gasteiger charge is -2.34. The molecule has 2 nitrogen and oxygen atoms in total. The second-order valence-corrected chi connectivity index (χ2v) is 5.80. The molecule has 2 heteroatoms. The van der Waals surface area contributed by atoms with Crippen molar-refractivity contribution in [2.75, 3.05) is 19.6 Å². The lowest BCUT2D eigenvalue weighted by Crippen LogP contribution is -2.40. The average Bonchev–Trinajstić information content (AvgIpc) is 2.95. The van der Waals surface area contributed by atoms with Crippen molar-refractivity contribution >= 4 is 0 Å². The Hall–Kier alpha value is -0.860. The summed E-state index contributed by atoms with van der Waals surface area (Å²) in [7, 11) is 0. The summed E-state index contributed by atoms with van der Waals surface area (Å²) in [6.07, 6.45) is 5.55. The van der Waals surface area contributed by atoms with Gasteiger partial charge in [-0.2, -0.15) is 0 Å². The van der Waals surface area contributed by atoms with E-state index in [0.29, 0.717) is 0 Å². The fourth-order valence-electron chi connectivity index (χ4n) is 3.47. The summed E-state index contributed by atoms with van der Waals surface area (Å²) in [6, 6.07) is 11.7. The van der Waals surface area contributed by atoms with E-state index in [1.165, 1.54) is 50.9 Å². The maximum Gasteiger partial charge on any atom is 0.0233 e. The molecule has 0 radical (unpaired) electrons. The highest BCUT2D eigenvalue weighted by Gasteiger charge is 2.28. The highest BCUT2D eigenvalue weighted by Crippen LogP contribution is 2.26. The van der Waals surface area contributed by atoms with Crippen LogP contribution in [0.4, 0.5) is 0 Å². The molecule has 0 spiro atoms. The molecule has 18 heavy (non-hydrogen) atoms. The predicted molar refractivity (Wildman–Crippen MR) is 75.5 cm³/mol. The van der Waals surface area contributed by atoms with Crippen molar-refractivity contribution in [3.8, 4) is 0 Å². The van der Waals surface area contributed by atoms with Crippen molar-refractivity contribution in [3.63, 3.8) is 0 Å². The van der Waals surface area contributed by atoms with Crippen LogP contribution >= 0.6 is 0 Å². The second-order valence-electron chi connectivity index (χ2n) is 5.80. The molecule has 0 aromatic heterocycles. The van der Waals surface area contributed by atoms with Crippen LogP contribution in [0.15, 0.2) is 30.3 Å². The third-order valence-corrected chi connectivity index (χ3v) is 4.55. The first-order valence-electron chi connectivity index (χ1n) is 7.41. The third kappa shape index (κ3) is 2.93. The molecule has 98 valence electrons. The van der Waals surface area contributed by atoms with Crippen molar-refractivity contribution in [1.29, 1.82) is 0 Å². The van der Waals surface area contributed by atoms with Crippen LogP contribution < -0.4 is 5.32 Å². The van der Waals surface area contributed by atoms with Gasteiger partial charge in [0.1, 0.15) is 0 Å². The Labute approximate surface area is 110 Å². The fourth-order valence-corrected chi connectivity index (χ4v) is 3.47. The van der Waals surface area contributed by atoms with E-state index in [-0.39, 0.29) is 0 Å². The van der Waals surface area contributed by atoms with Crippen LogP contribution in [0.1, 0.15) is 31.2 Å². The van der Waals surface area contributed by atoms with Crippen LogP contribution in [0.3, 0.4) is 0 Å². The minimum atomic E-state index is 0.823. The smallest absolute Gasteiger partial charge is 0.0233 e. The monoisotopic (exact) mass is 244 g/mol. The molecule has 0 amide bonds. The van der Waals surface area contributed by atoms with Gasteiger partial charge in [-0.1, -0.05) is 30.3 Å². The van der Waals surface area contributed by atoms with E-state index in [1.54, 1.807) is 0 Å². The lowest BCUT2D eigenvalue weighted by molar-refractivity contribution is 0.157. The van der Waals surface area contributed by atoms with Gasteiger partial charge in [0.05, 0.1) is 0 Å². The Morgan fingerprint density at radius 1 is 1.06 bits per heavy atom. The van der Waals surface area contributed by atoms with Crippen LogP contribution in [0.25, 0.3) is 0 Å². The zero-order chi connectivity index (χ0) is 12.2. The molecular formula is C16H24N2. The van der Waals surface area contributed by atoms with Crippen molar-refractivity contribution in [2.24, 2.45) is 5.92 Å². The van der Waals surface area contributed by atoms with Gasteiger partial charge in [-0.15, -0.1) is 0 Å². The topological polar surface area (TPSA) is 15.3 Å². The van der Waals surface area contributed by atoms with Gasteiger partial charge in [-0.05, 0) is 56.8 Å². The maximum atomic E-state index is 3.67. The summed E-state index contributed by atoms with van der Waals surface area (Å²) in [5, 5.41) is 3.67. The van der Waals surface area contributed by atoms with Crippen LogP contribution in [-0.2, 0) is 6.54 Å². The van der Waals surface area contributed by atoms with Crippen molar-refractivity contribution < 1.29 is 0 Å². The quantitative estimate of drug-likeness (QED) is 0.879. The van der Waals surface area contributed by atoms with Gasteiger partial charge in [-0.25, -0.2) is 0 Å². The molecule has 1 atom stereocenters. The number of nitrogens with one attached hydrogen (secondary N) is 1. The molecule has 0 saturated carbocycles. The van der Waals surface area contributed by atoms with E-state index < -0.39 is 0 Å². The number of nitrogens with zero attached hydrogens (tertiary/aromatic N) is 1. The Kier molecular flexibility index (Phi) is 3.96. The molecule has 2 aliphatic heterocycles. The van der Waals surface area contributed by atoms with Gasteiger partial charge in [-0.3, -0.25) is 4.90 Å². The van der Waals surface area contributed by atoms with Crippen LogP contribution in [0.5, 0.6) is 0 Å². The number of rotatable bonds is 3. The number of hydrogen-bond donors (Lipinski definition) is 1. The number of likely N-dealkylation sites (tertiary alicyclic amines) is 1. The maximum absolute atomic E-state index is 3.67. The number of benzene rings is 1. The minimum Gasteiger partial charge on any atom is -0.314 e. The van der Waals surface area contributed by atoms with Crippen LogP contribution in [0, 0.1) is 5.92 Å². The molecule has 2 fully saturated rings.